The Morgan fingerprint density at radius 3 is 2.79 bits per heavy atom. The van der Waals surface area contributed by atoms with E-state index in [-0.39, 0.29) is 19.2 Å². The van der Waals surface area contributed by atoms with E-state index in [9.17, 15) is 4.79 Å². The highest BCUT2D eigenvalue weighted by Crippen LogP contribution is 2.14. The number of rotatable bonds is 7. The number of nitrogens with zero attached hydrogens (tertiary/aromatic N) is 5. The normalized spacial score (nSPS) is 10.9. The molecular formula is C20H20N6O2. The van der Waals surface area contributed by atoms with Crippen LogP contribution in [0.25, 0.3) is 11.0 Å². The van der Waals surface area contributed by atoms with Gasteiger partial charge in [0.15, 0.2) is 6.73 Å². The molecule has 28 heavy (non-hydrogen) atoms. The van der Waals surface area contributed by atoms with Crippen LogP contribution in [0.5, 0.6) is 5.75 Å². The van der Waals surface area contributed by atoms with Crippen LogP contribution < -0.4 is 10.1 Å². The van der Waals surface area contributed by atoms with Gasteiger partial charge in [0.05, 0.1) is 23.6 Å². The van der Waals surface area contributed by atoms with Gasteiger partial charge in [-0.05, 0) is 36.2 Å². The Kier molecular flexibility index (Phi) is 5.01. The van der Waals surface area contributed by atoms with Crippen LogP contribution in [0.3, 0.4) is 0 Å². The highest BCUT2D eigenvalue weighted by Gasteiger charge is 2.10. The van der Waals surface area contributed by atoms with Gasteiger partial charge >= 0.3 is 0 Å². The number of carbonyl (C=O) groups excluding carboxylic acids is 1. The van der Waals surface area contributed by atoms with Crippen molar-refractivity contribution in [1.82, 2.24) is 24.8 Å². The van der Waals surface area contributed by atoms with Gasteiger partial charge in [0, 0.05) is 0 Å². The van der Waals surface area contributed by atoms with Gasteiger partial charge in [-0.1, -0.05) is 36.4 Å². The van der Waals surface area contributed by atoms with Gasteiger partial charge in [0.25, 0.3) is 0 Å². The van der Waals surface area contributed by atoms with Crippen LogP contribution in [-0.2, 0) is 24.5 Å². The summed E-state index contributed by atoms with van der Waals surface area (Å²) in [7, 11) is 0. The summed E-state index contributed by atoms with van der Waals surface area (Å²) in [6.07, 6.45) is 4.30. The Hall–Kier alpha value is -3.68. The minimum atomic E-state index is -0.203. The number of para-hydroxylation sites is 1. The standard InChI is InChI=1S/C20H20N6O2/c1-2-15-7-9-17(10-8-15)28-14-25-12-16(11-21-25)22-20(27)13-26-19-6-4-3-5-18(19)23-24-26/h3-12H,2,13-14H2,1H3,(H,22,27). The Bertz CT molecular complexity index is 1080. The van der Waals surface area contributed by atoms with Crippen LogP contribution in [0.1, 0.15) is 12.5 Å². The number of aryl methyl sites for hydroxylation is 1. The molecule has 1 amide bonds. The zero-order valence-electron chi connectivity index (χ0n) is 15.4. The summed E-state index contributed by atoms with van der Waals surface area (Å²) in [6.45, 7) is 2.45. The van der Waals surface area contributed by atoms with E-state index in [1.165, 1.54) is 5.56 Å². The van der Waals surface area contributed by atoms with E-state index < -0.39 is 0 Å². The molecular weight excluding hydrogens is 356 g/mol. The van der Waals surface area contributed by atoms with E-state index in [1.54, 1.807) is 21.8 Å². The van der Waals surface area contributed by atoms with E-state index in [2.05, 4.69) is 27.7 Å². The Labute approximate surface area is 161 Å². The van der Waals surface area contributed by atoms with E-state index >= 15 is 0 Å². The lowest BCUT2D eigenvalue weighted by molar-refractivity contribution is -0.116. The summed E-state index contributed by atoms with van der Waals surface area (Å²) in [5.74, 6) is 0.572. The molecule has 0 unspecified atom stereocenters. The molecule has 0 spiro atoms. The second-order valence-corrected chi connectivity index (χ2v) is 6.32. The molecule has 4 rings (SSSR count). The van der Waals surface area contributed by atoms with Crippen LogP contribution in [0, 0.1) is 0 Å². The molecule has 8 heteroatoms. The number of hydrogen-bond acceptors (Lipinski definition) is 5. The van der Waals surface area contributed by atoms with Crippen molar-refractivity contribution >= 4 is 22.6 Å². The van der Waals surface area contributed by atoms with Crippen molar-refractivity contribution in [1.29, 1.82) is 0 Å². The second-order valence-electron chi connectivity index (χ2n) is 6.32. The van der Waals surface area contributed by atoms with Crippen LogP contribution in [0.15, 0.2) is 60.9 Å². The summed E-state index contributed by atoms with van der Waals surface area (Å²) in [4.78, 5) is 12.3. The smallest absolute Gasteiger partial charge is 0.246 e. The van der Waals surface area contributed by atoms with Crippen molar-refractivity contribution in [3.8, 4) is 5.75 Å². The predicted molar refractivity (Wildman–Crippen MR) is 105 cm³/mol. The highest BCUT2D eigenvalue weighted by atomic mass is 16.5. The van der Waals surface area contributed by atoms with Gasteiger partial charge in [-0.25, -0.2) is 9.36 Å². The Morgan fingerprint density at radius 1 is 1.14 bits per heavy atom. The molecule has 0 aliphatic heterocycles. The number of benzene rings is 2. The summed E-state index contributed by atoms with van der Waals surface area (Å²) in [5, 5.41) is 15.1. The zero-order valence-corrected chi connectivity index (χ0v) is 15.4. The second kappa shape index (κ2) is 7.91. The van der Waals surface area contributed by atoms with Gasteiger partial charge in [0.2, 0.25) is 5.91 Å². The summed E-state index contributed by atoms with van der Waals surface area (Å²) in [5.41, 5.74) is 3.43. The lowest BCUT2D eigenvalue weighted by Crippen LogP contribution is -2.19. The largest absolute Gasteiger partial charge is 0.471 e. The van der Waals surface area contributed by atoms with E-state index in [4.69, 9.17) is 4.74 Å². The third-order valence-corrected chi connectivity index (χ3v) is 4.33. The Balaban J connectivity index is 1.33. The number of aromatic nitrogens is 5. The minimum Gasteiger partial charge on any atom is -0.471 e. The first-order valence-electron chi connectivity index (χ1n) is 9.03. The average Bonchev–Trinajstić information content (AvgIpc) is 3.34. The van der Waals surface area contributed by atoms with Crippen LogP contribution in [-0.4, -0.2) is 30.7 Å². The molecule has 2 aromatic heterocycles. The molecule has 2 aromatic carbocycles. The fraction of sp³-hybridized carbons (Fsp3) is 0.200. The maximum atomic E-state index is 12.3. The molecule has 0 atom stereocenters. The summed E-state index contributed by atoms with van der Waals surface area (Å²) >= 11 is 0. The number of nitrogens with one attached hydrogen (secondary N) is 1. The minimum absolute atomic E-state index is 0.0754. The predicted octanol–water partition coefficient (Wildman–Crippen LogP) is 2.87. The number of carbonyl (C=O) groups is 1. The van der Waals surface area contributed by atoms with Crippen molar-refractivity contribution in [2.45, 2.75) is 26.6 Å². The first-order chi connectivity index (χ1) is 13.7. The van der Waals surface area contributed by atoms with Gasteiger partial charge in [-0.2, -0.15) is 5.10 Å². The SMILES string of the molecule is CCc1ccc(OCn2cc(NC(=O)Cn3nnc4ccccc43)cn2)cc1. The first kappa shape index (κ1) is 17.7. The van der Waals surface area contributed by atoms with E-state index in [0.29, 0.717) is 5.69 Å². The molecule has 0 aliphatic rings. The fourth-order valence-electron chi connectivity index (χ4n) is 2.83. The van der Waals surface area contributed by atoms with Crippen molar-refractivity contribution in [2.75, 3.05) is 5.32 Å². The van der Waals surface area contributed by atoms with Crippen LogP contribution >= 0.6 is 0 Å². The molecule has 0 bridgehead atoms. The van der Waals surface area contributed by atoms with Gasteiger partial charge in [0.1, 0.15) is 17.8 Å². The fourth-order valence-corrected chi connectivity index (χ4v) is 2.83. The molecule has 0 aliphatic carbocycles. The molecule has 0 fully saturated rings. The maximum absolute atomic E-state index is 12.3. The molecule has 0 radical (unpaired) electrons. The summed E-state index contributed by atoms with van der Waals surface area (Å²) < 4.78 is 8.90. The molecule has 4 aromatic rings. The number of hydrogen-bond donors (Lipinski definition) is 1. The lowest BCUT2D eigenvalue weighted by Gasteiger charge is -2.06. The monoisotopic (exact) mass is 376 g/mol. The molecule has 0 saturated heterocycles. The lowest BCUT2D eigenvalue weighted by atomic mass is 10.2. The molecule has 0 saturated carbocycles. The van der Waals surface area contributed by atoms with Crippen LogP contribution in [0.4, 0.5) is 5.69 Å². The molecule has 8 nitrogen and oxygen atoms in total. The van der Waals surface area contributed by atoms with Crippen molar-refractivity contribution < 1.29 is 9.53 Å². The summed E-state index contributed by atoms with van der Waals surface area (Å²) in [6, 6.07) is 15.5. The van der Waals surface area contributed by atoms with Crippen molar-refractivity contribution in [3.05, 3.63) is 66.5 Å². The van der Waals surface area contributed by atoms with Crippen LogP contribution in [0.2, 0.25) is 0 Å². The number of ether oxygens (including phenoxy) is 1. The van der Waals surface area contributed by atoms with E-state index in [1.807, 2.05) is 48.5 Å². The van der Waals surface area contributed by atoms with Gasteiger partial charge in [-0.3, -0.25) is 4.79 Å². The maximum Gasteiger partial charge on any atom is 0.246 e. The highest BCUT2D eigenvalue weighted by molar-refractivity contribution is 5.91. The first-order valence-corrected chi connectivity index (χ1v) is 9.03. The van der Waals surface area contributed by atoms with Crippen molar-refractivity contribution in [3.63, 3.8) is 0 Å². The quantitative estimate of drug-likeness (QED) is 0.536. The topological polar surface area (TPSA) is 86.9 Å². The Morgan fingerprint density at radius 2 is 1.96 bits per heavy atom. The third-order valence-electron chi connectivity index (χ3n) is 4.33. The third kappa shape index (κ3) is 4.01. The van der Waals surface area contributed by atoms with Gasteiger partial charge in [-0.15, -0.1) is 5.10 Å². The van der Waals surface area contributed by atoms with E-state index in [0.717, 1.165) is 23.2 Å². The number of anilines is 1. The molecule has 2 heterocycles. The average molecular weight is 376 g/mol. The number of amides is 1. The van der Waals surface area contributed by atoms with Gasteiger partial charge < -0.3 is 10.1 Å². The number of fused-ring (bicyclic) bond motifs is 1. The zero-order chi connectivity index (χ0) is 19.3. The molecule has 142 valence electrons. The molecule has 1 N–H and O–H groups in total. The van der Waals surface area contributed by atoms with Crippen molar-refractivity contribution in [2.24, 2.45) is 0 Å².